The van der Waals surface area contributed by atoms with E-state index in [1.807, 2.05) is 11.6 Å². The van der Waals surface area contributed by atoms with Crippen LogP contribution < -0.4 is 15.7 Å². The minimum absolute atomic E-state index is 0.0985. The molecule has 15 heteroatoms. The Morgan fingerprint density at radius 3 is 2.41 bits per heavy atom. The molecule has 51 heavy (non-hydrogen) atoms. The smallest absolute Gasteiger partial charge is 0.351 e. The van der Waals surface area contributed by atoms with E-state index in [9.17, 15) is 27.2 Å². The van der Waals surface area contributed by atoms with Crippen molar-refractivity contribution in [2.24, 2.45) is 0 Å². The van der Waals surface area contributed by atoms with Gasteiger partial charge in [-0.05, 0) is 70.4 Å². The average Bonchev–Trinajstić information content (AvgIpc) is 3.42. The summed E-state index contributed by atoms with van der Waals surface area (Å²) in [6.45, 7) is 2.44. The van der Waals surface area contributed by atoms with Gasteiger partial charge in [-0.25, -0.2) is 26.7 Å². The molecule has 4 aromatic carbocycles. The van der Waals surface area contributed by atoms with Crippen LogP contribution in [-0.2, 0) is 27.7 Å². The van der Waals surface area contributed by atoms with Crippen LogP contribution in [0.3, 0.4) is 0 Å². The molecule has 0 fully saturated rings. The van der Waals surface area contributed by atoms with Crippen molar-refractivity contribution in [3.8, 4) is 16.8 Å². The number of carbonyl (C=O) groups excluding carboxylic acids is 2. The molecule has 0 aliphatic carbocycles. The zero-order valence-corrected chi connectivity index (χ0v) is 30.1. The van der Waals surface area contributed by atoms with Gasteiger partial charge in [-0.1, -0.05) is 55.8 Å². The Morgan fingerprint density at radius 1 is 0.941 bits per heavy atom. The van der Waals surface area contributed by atoms with Gasteiger partial charge in [-0.15, -0.1) is 5.10 Å². The van der Waals surface area contributed by atoms with Crippen LogP contribution in [-0.4, -0.2) is 54.8 Å². The van der Waals surface area contributed by atoms with Crippen molar-refractivity contribution in [1.29, 1.82) is 0 Å². The summed E-state index contributed by atoms with van der Waals surface area (Å²) in [6.07, 6.45) is 1.95. The lowest BCUT2D eigenvalue weighted by molar-refractivity contribution is 0.0935. The molecule has 0 radical (unpaired) electrons. The number of ether oxygens (including phenoxy) is 1. The Kier molecular flexibility index (Phi) is 12.0. The summed E-state index contributed by atoms with van der Waals surface area (Å²) < 4.78 is 66.5. The van der Waals surface area contributed by atoms with Crippen molar-refractivity contribution >= 4 is 37.8 Å². The number of benzene rings is 4. The first-order valence-corrected chi connectivity index (χ1v) is 18.2. The average molecular weight is 783 g/mol. The number of halogens is 3. The van der Waals surface area contributed by atoms with Crippen molar-refractivity contribution in [3.05, 3.63) is 134 Å². The predicted molar refractivity (Wildman–Crippen MR) is 190 cm³/mol. The fourth-order valence-corrected chi connectivity index (χ4v) is 6.90. The second-order valence-electron chi connectivity index (χ2n) is 11.4. The van der Waals surface area contributed by atoms with Gasteiger partial charge in [0, 0.05) is 41.2 Å². The van der Waals surface area contributed by atoms with E-state index in [0.29, 0.717) is 47.5 Å². The molecule has 2 amide bonds. The number of aromatic nitrogens is 3. The number of hydrogen-bond acceptors (Lipinski definition) is 7. The van der Waals surface area contributed by atoms with Crippen molar-refractivity contribution in [1.82, 2.24) is 24.4 Å². The summed E-state index contributed by atoms with van der Waals surface area (Å²) >= 11 is 3.45. The lowest BCUT2D eigenvalue weighted by Gasteiger charge is -2.13. The molecular formula is C36H34BrF2N5O6S. The molecule has 0 saturated heterocycles. The lowest BCUT2D eigenvalue weighted by Crippen LogP contribution is -2.31. The van der Waals surface area contributed by atoms with Gasteiger partial charge in [0.05, 0.1) is 29.3 Å². The second kappa shape index (κ2) is 16.4. The van der Waals surface area contributed by atoms with Crippen LogP contribution in [0.1, 0.15) is 51.9 Å². The molecule has 0 aliphatic heterocycles. The summed E-state index contributed by atoms with van der Waals surface area (Å²) in [4.78, 5) is 38.9. The first-order valence-electron chi connectivity index (χ1n) is 15.9. The lowest BCUT2D eigenvalue weighted by atomic mass is 10.0. The van der Waals surface area contributed by atoms with Crippen LogP contribution in [0.25, 0.3) is 16.8 Å². The van der Waals surface area contributed by atoms with Crippen LogP contribution in [0.2, 0.25) is 0 Å². The number of unbranched alkanes of at least 4 members (excludes halogenated alkanes) is 1. The third kappa shape index (κ3) is 8.49. The molecular weight excluding hydrogens is 748 g/mol. The topological polar surface area (TPSA) is 141 Å². The summed E-state index contributed by atoms with van der Waals surface area (Å²) in [5, 5.41) is 7.31. The third-order valence-electron chi connectivity index (χ3n) is 7.94. The van der Waals surface area contributed by atoms with Gasteiger partial charge in [0.2, 0.25) is 0 Å². The zero-order valence-electron chi connectivity index (χ0n) is 27.7. The number of carbonyl (C=O) groups is 2. The van der Waals surface area contributed by atoms with E-state index in [4.69, 9.17) is 4.74 Å². The quantitative estimate of drug-likeness (QED) is 0.139. The Balaban J connectivity index is 1.46. The monoisotopic (exact) mass is 781 g/mol. The molecule has 1 aromatic heterocycles. The van der Waals surface area contributed by atoms with E-state index in [0.717, 1.165) is 24.6 Å². The Labute approximate surface area is 301 Å². The first-order chi connectivity index (χ1) is 24.4. The van der Waals surface area contributed by atoms with Crippen molar-refractivity contribution in [2.75, 3.05) is 20.3 Å². The van der Waals surface area contributed by atoms with Gasteiger partial charge >= 0.3 is 5.69 Å². The molecule has 5 rings (SSSR count). The minimum atomic E-state index is -4.52. The Hall–Kier alpha value is -4.99. The molecule has 0 spiro atoms. The maximum atomic E-state index is 15.8. The van der Waals surface area contributed by atoms with Crippen LogP contribution in [0, 0.1) is 11.6 Å². The highest BCUT2D eigenvalue weighted by Crippen LogP contribution is 2.29. The Morgan fingerprint density at radius 2 is 1.69 bits per heavy atom. The summed E-state index contributed by atoms with van der Waals surface area (Å²) in [6, 6.07) is 19.6. The molecule has 5 aromatic rings. The number of rotatable bonds is 14. The molecule has 0 aliphatic rings. The van der Waals surface area contributed by atoms with E-state index in [2.05, 4.69) is 26.3 Å². The highest BCUT2D eigenvalue weighted by molar-refractivity contribution is 9.10. The summed E-state index contributed by atoms with van der Waals surface area (Å²) in [7, 11) is -2.99. The van der Waals surface area contributed by atoms with Gasteiger partial charge in [-0.2, -0.15) is 4.68 Å². The fourth-order valence-electron chi connectivity index (χ4n) is 5.29. The number of methoxy groups -OCH3 is 1. The summed E-state index contributed by atoms with van der Waals surface area (Å²) in [5.41, 5.74) is 0.0502. The molecule has 0 unspecified atom stereocenters. The van der Waals surface area contributed by atoms with Crippen LogP contribution in [0.5, 0.6) is 0 Å². The highest BCUT2D eigenvalue weighted by Gasteiger charge is 2.25. The van der Waals surface area contributed by atoms with Gasteiger partial charge < -0.3 is 10.1 Å². The Bertz CT molecular complexity index is 2260. The van der Waals surface area contributed by atoms with Crippen LogP contribution >= 0.6 is 15.9 Å². The van der Waals surface area contributed by atoms with E-state index in [1.54, 1.807) is 18.2 Å². The predicted octanol–water partition coefficient (Wildman–Crippen LogP) is 5.63. The van der Waals surface area contributed by atoms with Gasteiger partial charge in [-0.3, -0.25) is 14.2 Å². The molecule has 0 atom stereocenters. The molecule has 0 bridgehead atoms. The minimum Gasteiger partial charge on any atom is -0.383 e. The highest BCUT2D eigenvalue weighted by atomic mass is 79.9. The van der Waals surface area contributed by atoms with E-state index < -0.39 is 38.8 Å². The first kappa shape index (κ1) is 37.3. The summed E-state index contributed by atoms with van der Waals surface area (Å²) in [5.74, 6) is -2.70. The SMILES string of the molecule is CCCCc1nn(-c2cc(C(=O)NCCOC)ccc2Br)c(=O)n1Cc1ccc(-c2ccccc2S(=O)(=O)NC(=O)c2ccccc2F)cc1F. The van der Waals surface area contributed by atoms with Crippen molar-refractivity contribution < 1.29 is 31.5 Å². The van der Waals surface area contributed by atoms with Crippen molar-refractivity contribution in [3.63, 3.8) is 0 Å². The van der Waals surface area contributed by atoms with E-state index in [-0.39, 0.29) is 34.0 Å². The van der Waals surface area contributed by atoms with Gasteiger partial charge in [0.15, 0.2) is 0 Å². The van der Waals surface area contributed by atoms with Gasteiger partial charge in [0.1, 0.15) is 17.5 Å². The number of hydrogen-bond donors (Lipinski definition) is 2. The molecule has 11 nitrogen and oxygen atoms in total. The number of nitrogens with one attached hydrogen (secondary N) is 2. The second-order valence-corrected chi connectivity index (χ2v) is 13.9. The normalized spacial score (nSPS) is 11.4. The molecule has 1 heterocycles. The molecule has 0 saturated carbocycles. The van der Waals surface area contributed by atoms with Gasteiger partial charge in [0.25, 0.3) is 21.8 Å². The number of nitrogens with zero attached hydrogens (tertiary/aromatic N) is 3. The maximum absolute atomic E-state index is 15.8. The maximum Gasteiger partial charge on any atom is 0.351 e. The zero-order chi connectivity index (χ0) is 36.7. The standard InChI is InChI=1S/C36H34BrF2N5O6S/c1-3-4-13-33-41-44(31-21-24(16-17-28(31)37)34(45)40-18-19-50-2)36(47)43(33)22-25-15-14-23(20-30(25)39)26-9-6-8-12-32(26)51(48,49)42-35(46)27-10-5-7-11-29(27)38/h5-12,14-17,20-21H,3-4,13,18-19,22H2,1-2H3,(H,40,45)(H,42,46). The number of amides is 2. The largest absolute Gasteiger partial charge is 0.383 e. The molecule has 2 N–H and O–H groups in total. The number of sulfonamides is 1. The van der Waals surface area contributed by atoms with Crippen molar-refractivity contribution in [2.45, 2.75) is 37.6 Å². The van der Waals surface area contributed by atoms with Crippen LogP contribution in [0.15, 0.2) is 99.1 Å². The number of aryl methyl sites for hydroxylation is 1. The van der Waals surface area contributed by atoms with Crippen LogP contribution in [0.4, 0.5) is 8.78 Å². The van der Waals surface area contributed by atoms with E-state index in [1.165, 1.54) is 64.9 Å². The third-order valence-corrected chi connectivity index (χ3v) is 10.00. The fraction of sp³-hybridized carbons (Fsp3) is 0.222. The van der Waals surface area contributed by atoms with E-state index >= 15 is 4.39 Å². The molecule has 266 valence electrons.